The number of hydrogen-bond donors (Lipinski definition) is 3. The number of thiocarbonyl (C=S) groups is 1. The lowest BCUT2D eigenvalue weighted by Gasteiger charge is -2.22. The number of rotatable bonds is 2. The van der Waals surface area contributed by atoms with E-state index in [1.165, 1.54) is 6.08 Å². The van der Waals surface area contributed by atoms with Crippen LogP contribution in [0.1, 0.15) is 26.3 Å². The molecule has 0 unspecified atom stereocenters. The molecule has 1 aliphatic heterocycles. The molecule has 6 nitrogen and oxygen atoms in total. The maximum Gasteiger partial charge on any atom is 0.262 e. The topological polar surface area (TPSA) is 71.6 Å². The molecular weight excluding hydrogens is 314 g/mol. The van der Waals surface area contributed by atoms with Crippen LogP contribution in [0.5, 0.6) is 11.5 Å². The van der Waals surface area contributed by atoms with Crippen LogP contribution < -0.4 is 25.6 Å². The van der Waals surface area contributed by atoms with Crippen molar-refractivity contribution in [3.8, 4) is 11.5 Å². The highest BCUT2D eigenvalue weighted by atomic mass is 32.1. The van der Waals surface area contributed by atoms with E-state index in [4.69, 9.17) is 21.7 Å². The van der Waals surface area contributed by atoms with Crippen LogP contribution in [0, 0.1) is 0 Å². The van der Waals surface area contributed by atoms with E-state index in [1.807, 2.05) is 39.0 Å². The molecule has 1 aromatic carbocycles. The smallest absolute Gasteiger partial charge is 0.262 e. The van der Waals surface area contributed by atoms with Gasteiger partial charge in [0, 0.05) is 11.6 Å². The number of benzene rings is 1. The van der Waals surface area contributed by atoms with E-state index >= 15 is 0 Å². The molecule has 0 fully saturated rings. The van der Waals surface area contributed by atoms with Gasteiger partial charge in [0.2, 0.25) is 0 Å². The summed E-state index contributed by atoms with van der Waals surface area (Å²) in [7, 11) is 0. The normalized spacial score (nSPS) is 13.5. The van der Waals surface area contributed by atoms with Crippen molar-refractivity contribution in [3.05, 3.63) is 29.8 Å². The second kappa shape index (κ2) is 7.32. The van der Waals surface area contributed by atoms with Crippen molar-refractivity contribution in [2.24, 2.45) is 0 Å². The summed E-state index contributed by atoms with van der Waals surface area (Å²) in [5.41, 5.74) is 5.83. The molecule has 0 saturated carbocycles. The fourth-order valence-electron chi connectivity index (χ4n) is 1.87. The maximum atomic E-state index is 11.8. The van der Waals surface area contributed by atoms with E-state index in [-0.39, 0.29) is 11.4 Å². The van der Waals surface area contributed by atoms with Gasteiger partial charge in [-0.3, -0.25) is 15.6 Å². The van der Waals surface area contributed by atoms with Crippen molar-refractivity contribution in [1.29, 1.82) is 0 Å². The lowest BCUT2D eigenvalue weighted by Crippen LogP contribution is -2.51. The Balaban J connectivity index is 1.85. The molecule has 3 N–H and O–H groups in total. The van der Waals surface area contributed by atoms with Gasteiger partial charge in [-0.25, -0.2) is 0 Å². The minimum Gasteiger partial charge on any atom is -0.486 e. The average molecular weight is 335 g/mol. The first kappa shape index (κ1) is 17.1. The number of carbonyl (C=O) groups is 1. The molecule has 0 radical (unpaired) electrons. The van der Waals surface area contributed by atoms with Gasteiger partial charge in [-0.15, -0.1) is 0 Å². The summed E-state index contributed by atoms with van der Waals surface area (Å²) in [5.74, 6) is 1.10. The van der Waals surface area contributed by atoms with Gasteiger partial charge in [-0.2, -0.15) is 0 Å². The fraction of sp³-hybridized carbons (Fsp3) is 0.375. The van der Waals surface area contributed by atoms with Gasteiger partial charge in [0.05, 0.1) is 0 Å². The molecule has 0 bridgehead atoms. The lowest BCUT2D eigenvalue weighted by atomic mass is 10.1. The van der Waals surface area contributed by atoms with E-state index in [2.05, 4.69) is 16.2 Å². The van der Waals surface area contributed by atoms with Gasteiger partial charge < -0.3 is 14.8 Å². The quantitative estimate of drug-likeness (QED) is 0.435. The van der Waals surface area contributed by atoms with Crippen LogP contribution in [0.3, 0.4) is 0 Å². The highest BCUT2D eigenvalue weighted by molar-refractivity contribution is 7.80. The van der Waals surface area contributed by atoms with Crippen LogP contribution in [0.15, 0.2) is 24.3 Å². The summed E-state index contributed by atoms with van der Waals surface area (Å²) in [6.07, 6.45) is 3.10. The van der Waals surface area contributed by atoms with E-state index in [1.54, 1.807) is 6.08 Å². The van der Waals surface area contributed by atoms with E-state index < -0.39 is 0 Å². The van der Waals surface area contributed by atoms with Crippen molar-refractivity contribution >= 4 is 29.3 Å². The molecule has 0 aliphatic carbocycles. The Bertz CT molecular complexity index is 623. The third kappa shape index (κ3) is 5.78. The molecule has 0 saturated heterocycles. The van der Waals surface area contributed by atoms with Crippen LogP contribution in [-0.2, 0) is 4.79 Å². The second-order valence-corrected chi connectivity index (χ2v) is 6.46. The zero-order valence-corrected chi connectivity index (χ0v) is 14.3. The predicted octanol–water partition coefficient (Wildman–Crippen LogP) is 1.76. The number of nitrogens with one attached hydrogen (secondary N) is 3. The standard InChI is InChI=1S/C16H21N3O3S/c1-16(2,3)17-15(23)19-18-14(20)7-5-11-4-6-12-13(10-11)22-9-8-21-12/h4-7,10H,8-9H2,1-3H3,(H,18,20)(H2,17,19,23)/b7-5+. The molecular formula is C16H21N3O3S. The number of carbonyl (C=O) groups excluding carboxylic acids is 1. The molecule has 1 amide bonds. The first-order chi connectivity index (χ1) is 10.8. The van der Waals surface area contributed by atoms with Crippen LogP contribution in [-0.4, -0.2) is 29.8 Å². The zero-order chi connectivity index (χ0) is 16.9. The predicted molar refractivity (Wildman–Crippen MR) is 93.2 cm³/mol. The van der Waals surface area contributed by atoms with E-state index in [0.717, 1.165) is 11.3 Å². The Morgan fingerprint density at radius 3 is 2.57 bits per heavy atom. The SMILES string of the molecule is CC(C)(C)NC(=S)NNC(=O)/C=C/c1ccc2c(c1)OCCO2. The molecule has 0 atom stereocenters. The molecule has 1 aliphatic rings. The Morgan fingerprint density at radius 2 is 1.87 bits per heavy atom. The maximum absolute atomic E-state index is 11.8. The molecule has 2 rings (SSSR count). The summed E-state index contributed by atoms with van der Waals surface area (Å²) >= 11 is 5.07. The minimum absolute atomic E-state index is 0.171. The Morgan fingerprint density at radius 1 is 1.17 bits per heavy atom. The van der Waals surface area contributed by atoms with Crippen molar-refractivity contribution in [3.63, 3.8) is 0 Å². The van der Waals surface area contributed by atoms with Crippen molar-refractivity contribution in [2.45, 2.75) is 26.3 Å². The van der Waals surface area contributed by atoms with Gasteiger partial charge in [0.25, 0.3) is 5.91 Å². The number of fused-ring (bicyclic) bond motifs is 1. The summed E-state index contributed by atoms with van der Waals surface area (Å²) in [5, 5.41) is 3.39. The summed E-state index contributed by atoms with van der Waals surface area (Å²) in [6, 6.07) is 5.51. The van der Waals surface area contributed by atoms with Gasteiger partial charge in [-0.05, 0) is 56.8 Å². The number of hydrogen-bond acceptors (Lipinski definition) is 4. The molecule has 7 heteroatoms. The van der Waals surface area contributed by atoms with Crippen LogP contribution in [0.2, 0.25) is 0 Å². The summed E-state index contributed by atoms with van der Waals surface area (Å²) in [4.78, 5) is 11.8. The lowest BCUT2D eigenvalue weighted by molar-refractivity contribution is -0.117. The number of amides is 1. The highest BCUT2D eigenvalue weighted by Crippen LogP contribution is 2.30. The third-order valence-corrected chi connectivity index (χ3v) is 2.99. The highest BCUT2D eigenvalue weighted by Gasteiger charge is 2.12. The van der Waals surface area contributed by atoms with Crippen LogP contribution >= 0.6 is 12.2 Å². The van der Waals surface area contributed by atoms with E-state index in [0.29, 0.717) is 24.1 Å². The monoisotopic (exact) mass is 335 g/mol. The summed E-state index contributed by atoms with van der Waals surface area (Å²) in [6.45, 7) is 7.02. The third-order valence-electron chi connectivity index (χ3n) is 2.78. The molecule has 0 spiro atoms. The van der Waals surface area contributed by atoms with Gasteiger partial charge in [0.1, 0.15) is 13.2 Å². The number of hydrazine groups is 1. The summed E-state index contributed by atoms with van der Waals surface area (Å²) < 4.78 is 10.9. The van der Waals surface area contributed by atoms with Gasteiger partial charge in [0.15, 0.2) is 16.6 Å². The molecule has 124 valence electrons. The Kier molecular flexibility index (Phi) is 5.44. The van der Waals surface area contributed by atoms with Crippen LogP contribution in [0.4, 0.5) is 0 Å². The average Bonchev–Trinajstić information content (AvgIpc) is 2.49. The molecule has 23 heavy (non-hydrogen) atoms. The van der Waals surface area contributed by atoms with Crippen LogP contribution in [0.25, 0.3) is 6.08 Å². The molecule has 1 aromatic rings. The first-order valence-electron chi connectivity index (χ1n) is 7.29. The zero-order valence-electron chi connectivity index (χ0n) is 13.4. The molecule has 1 heterocycles. The Hall–Kier alpha value is -2.28. The largest absolute Gasteiger partial charge is 0.486 e. The van der Waals surface area contributed by atoms with Crippen molar-refractivity contribution in [2.75, 3.05) is 13.2 Å². The van der Waals surface area contributed by atoms with Crippen molar-refractivity contribution < 1.29 is 14.3 Å². The second-order valence-electron chi connectivity index (χ2n) is 6.05. The van der Waals surface area contributed by atoms with Gasteiger partial charge in [-0.1, -0.05) is 6.07 Å². The minimum atomic E-state index is -0.307. The molecule has 0 aromatic heterocycles. The van der Waals surface area contributed by atoms with Gasteiger partial charge >= 0.3 is 0 Å². The first-order valence-corrected chi connectivity index (χ1v) is 7.70. The van der Waals surface area contributed by atoms with Crippen molar-refractivity contribution in [1.82, 2.24) is 16.2 Å². The van der Waals surface area contributed by atoms with E-state index in [9.17, 15) is 4.79 Å². The fourth-order valence-corrected chi connectivity index (χ4v) is 2.22. The Labute approximate surface area is 141 Å². The number of ether oxygens (including phenoxy) is 2.